The topological polar surface area (TPSA) is 59.3 Å². The van der Waals surface area contributed by atoms with Crippen molar-refractivity contribution in [3.8, 4) is 17.8 Å². The number of halogens is 4. The summed E-state index contributed by atoms with van der Waals surface area (Å²) in [6.45, 7) is 3.44. The number of esters is 1. The van der Waals surface area contributed by atoms with Crippen LogP contribution in [0.2, 0.25) is 0 Å². The van der Waals surface area contributed by atoms with Crippen molar-refractivity contribution >= 4 is 40.8 Å². The minimum atomic E-state index is -1.66. The van der Waals surface area contributed by atoms with Crippen LogP contribution in [-0.2, 0) is 16.0 Å². The Morgan fingerprint density at radius 2 is 1.87 bits per heavy atom. The van der Waals surface area contributed by atoms with Gasteiger partial charge in [-0.25, -0.2) is 9.18 Å². The number of hydrogen-bond donors (Lipinski definition) is 0. The average Bonchev–Trinajstić information content (AvgIpc) is 2.70. The van der Waals surface area contributed by atoms with Gasteiger partial charge >= 0.3 is 5.97 Å². The van der Waals surface area contributed by atoms with E-state index in [2.05, 4.69) is 4.74 Å². The van der Waals surface area contributed by atoms with Gasteiger partial charge in [0.05, 0.1) is 0 Å². The van der Waals surface area contributed by atoms with Gasteiger partial charge in [-0.05, 0) is 41.7 Å². The molecule has 4 nitrogen and oxygen atoms in total. The standard InChI is InChI=1S/C22H19Cl3FNO3/c1-21(2,11-10-19(23)24)22(25,20(28)29-14-27)13-15-8-9-17(26)18(12-15)30-16-6-4-3-5-7-16/h3-10,12H,11,13H2,1-2H3. The Morgan fingerprint density at radius 3 is 2.47 bits per heavy atom. The molecule has 0 aromatic heterocycles. The number of benzene rings is 2. The van der Waals surface area contributed by atoms with Gasteiger partial charge in [0.15, 0.2) is 16.4 Å². The number of nitrogens with zero attached hydrogens (tertiary/aromatic N) is 1. The van der Waals surface area contributed by atoms with E-state index >= 15 is 0 Å². The number of para-hydroxylation sites is 1. The zero-order chi connectivity index (χ0) is 22.4. The number of ether oxygens (including phenoxy) is 2. The van der Waals surface area contributed by atoms with E-state index in [1.165, 1.54) is 30.5 Å². The molecule has 0 radical (unpaired) electrons. The van der Waals surface area contributed by atoms with E-state index < -0.39 is 22.1 Å². The molecule has 158 valence electrons. The van der Waals surface area contributed by atoms with Crippen LogP contribution in [0.15, 0.2) is 59.1 Å². The molecule has 1 unspecified atom stereocenters. The Morgan fingerprint density at radius 1 is 1.20 bits per heavy atom. The lowest BCUT2D eigenvalue weighted by molar-refractivity contribution is -0.143. The summed E-state index contributed by atoms with van der Waals surface area (Å²) in [7, 11) is 0. The quantitative estimate of drug-likeness (QED) is 0.239. The molecule has 0 saturated carbocycles. The van der Waals surface area contributed by atoms with Crippen LogP contribution in [0.1, 0.15) is 25.8 Å². The van der Waals surface area contributed by atoms with E-state index in [4.69, 9.17) is 44.8 Å². The maximum Gasteiger partial charge on any atom is 0.343 e. The molecule has 2 aromatic carbocycles. The van der Waals surface area contributed by atoms with Gasteiger partial charge < -0.3 is 9.47 Å². The zero-order valence-electron chi connectivity index (χ0n) is 16.3. The number of nitriles is 1. The highest BCUT2D eigenvalue weighted by Crippen LogP contribution is 2.44. The first-order valence-corrected chi connectivity index (χ1v) is 10.0. The number of hydrogen-bond acceptors (Lipinski definition) is 4. The van der Waals surface area contributed by atoms with Gasteiger partial charge in [0.2, 0.25) is 0 Å². The van der Waals surface area contributed by atoms with Crippen LogP contribution in [-0.4, -0.2) is 10.8 Å². The molecular weight excluding hydrogens is 452 g/mol. The van der Waals surface area contributed by atoms with Crippen molar-refractivity contribution < 1.29 is 18.7 Å². The molecule has 0 aliphatic rings. The fourth-order valence-electron chi connectivity index (χ4n) is 2.84. The monoisotopic (exact) mass is 469 g/mol. The second kappa shape index (κ2) is 10.2. The molecule has 0 spiro atoms. The Hall–Kier alpha value is -2.26. The third-order valence-electron chi connectivity index (χ3n) is 4.72. The predicted molar refractivity (Wildman–Crippen MR) is 115 cm³/mol. The van der Waals surface area contributed by atoms with Gasteiger partial charge in [0.25, 0.3) is 6.26 Å². The summed E-state index contributed by atoms with van der Waals surface area (Å²) < 4.78 is 24.5. The van der Waals surface area contributed by atoms with Gasteiger partial charge in [0.1, 0.15) is 10.2 Å². The van der Waals surface area contributed by atoms with Crippen molar-refractivity contribution in [1.82, 2.24) is 0 Å². The zero-order valence-corrected chi connectivity index (χ0v) is 18.6. The highest BCUT2D eigenvalue weighted by molar-refractivity contribution is 6.55. The molecule has 2 aromatic rings. The first-order chi connectivity index (χ1) is 14.1. The molecule has 2 rings (SSSR count). The maximum atomic E-state index is 14.3. The molecule has 0 saturated heterocycles. The summed E-state index contributed by atoms with van der Waals surface area (Å²) in [6.07, 6.45) is 3.05. The van der Waals surface area contributed by atoms with Crippen LogP contribution in [0.25, 0.3) is 0 Å². The second-order valence-electron chi connectivity index (χ2n) is 7.22. The van der Waals surface area contributed by atoms with E-state index in [-0.39, 0.29) is 23.1 Å². The van der Waals surface area contributed by atoms with Crippen LogP contribution in [0.3, 0.4) is 0 Å². The van der Waals surface area contributed by atoms with Crippen molar-refractivity contribution in [3.63, 3.8) is 0 Å². The number of carbonyl (C=O) groups excluding carboxylic acids is 1. The van der Waals surface area contributed by atoms with E-state index in [9.17, 15) is 9.18 Å². The summed E-state index contributed by atoms with van der Waals surface area (Å²) in [6, 6.07) is 12.9. The SMILES string of the molecule is CC(C)(CC=C(Cl)Cl)C(Cl)(Cc1ccc(F)c(Oc2ccccc2)c1)C(=O)OC#N. The highest BCUT2D eigenvalue weighted by Gasteiger charge is 2.51. The summed E-state index contributed by atoms with van der Waals surface area (Å²) in [5, 5.41) is 8.82. The number of rotatable bonds is 8. The van der Waals surface area contributed by atoms with E-state index in [0.29, 0.717) is 11.3 Å². The third-order valence-corrected chi connectivity index (χ3v) is 5.82. The minimum absolute atomic E-state index is 0.0205. The normalized spacial score (nSPS) is 13.0. The second-order valence-corrected chi connectivity index (χ2v) is 8.87. The Balaban J connectivity index is 2.40. The summed E-state index contributed by atoms with van der Waals surface area (Å²) in [4.78, 5) is 11.0. The van der Waals surface area contributed by atoms with Gasteiger partial charge in [-0.15, -0.1) is 16.9 Å². The molecule has 0 bridgehead atoms. The highest BCUT2D eigenvalue weighted by atomic mass is 35.5. The van der Waals surface area contributed by atoms with Gasteiger partial charge in [-0.1, -0.05) is 67.4 Å². The average molecular weight is 471 g/mol. The van der Waals surface area contributed by atoms with Gasteiger partial charge in [0, 0.05) is 6.42 Å². The predicted octanol–water partition coefficient (Wildman–Crippen LogP) is 6.90. The number of carbonyl (C=O) groups is 1. The number of alkyl halides is 1. The molecular formula is C22H19Cl3FNO3. The van der Waals surface area contributed by atoms with Gasteiger partial charge in [-0.3, -0.25) is 0 Å². The molecule has 0 aliphatic heterocycles. The fraction of sp³-hybridized carbons (Fsp3) is 0.273. The van der Waals surface area contributed by atoms with Crippen molar-refractivity contribution in [2.24, 2.45) is 5.41 Å². The maximum absolute atomic E-state index is 14.3. The molecule has 0 N–H and O–H groups in total. The van der Waals surface area contributed by atoms with Gasteiger partial charge in [-0.2, -0.15) is 0 Å². The fourth-order valence-corrected chi connectivity index (χ4v) is 3.26. The van der Waals surface area contributed by atoms with E-state index in [0.717, 1.165) is 0 Å². The lowest BCUT2D eigenvalue weighted by Gasteiger charge is -2.39. The van der Waals surface area contributed by atoms with Crippen LogP contribution in [0.4, 0.5) is 4.39 Å². The van der Waals surface area contributed by atoms with E-state index in [1.54, 1.807) is 38.1 Å². The van der Waals surface area contributed by atoms with Crippen molar-refractivity contribution in [3.05, 3.63) is 70.5 Å². The molecule has 1 atom stereocenters. The smallest absolute Gasteiger partial charge is 0.343 e. The third kappa shape index (κ3) is 5.89. The molecule has 0 aliphatic carbocycles. The first-order valence-electron chi connectivity index (χ1n) is 8.91. The van der Waals surface area contributed by atoms with Crippen molar-refractivity contribution in [2.45, 2.75) is 31.6 Å². The number of allylic oxidation sites excluding steroid dienone is 1. The largest absolute Gasteiger partial charge is 0.454 e. The van der Waals surface area contributed by atoms with Crippen LogP contribution < -0.4 is 4.74 Å². The molecule has 8 heteroatoms. The summed E-state index contributed by atoms with van der Waals surface area (Å²) in [5.74, 6) is -1.06. The molecule has 30 heavy (non-hydrogen) atoms. The Bertz CT molecular complexity index is 969. The van der Waals surface area contributed by atoms with Crippen LogP contribution in [0, 0.1) is 22.7 Å². The Labute approximate surface area is 189 Å². The van der Waals surface area contributed by atoms with E-state index in [1.807, 2.05) is 6.07 Å². The molecule has 0 amide bonds. The van der Waals surface area contributed by atoms with Crippen molar-refractivity contribution in [1.29, 1.82) is 5.26 Å². The van der Waals surface area contributed by atoms with Crippen LogP contribution in [0.5, 0.6) is 11.5 Å². The minimum Gasteiger partial charge on any atom is -0.454 e. The summed E-state index contributed by atoms with van der Waals surface area (Å²) in [5.41, 5.74) is -0.409. The Kier molecular flexibility index (Phi) is 8.14. The van der Waals surface area contributed by atoms with Crippen molar-refractivity contribution in [2.75, 3.05) is 0 Å². The van der Waals surface area contributed by atoms with Crippen LogP contribution >= 0.6 is 34.8 Å². The lowest BCUT2D eigenvalue weighted by Crippen LogP contribution is -2.49. The first kappa shape index (κ1) is 24.0. The molecule has 0 fully saturated rings. The lowest BCUT2D eigenvalue weighted by atomic mass is 9.72. The molecule has 0 heterocycles. The summed E-state index contributed by atoms with van der Waals surface area (Å²) >= 11 is 18.2.